The number of aromatic amines is 1. The van der Waals surface area contributed by atoms with Gasteiger partial charge in [0.1, 0.15) is 24.2 Å². The Kier molecular flexibility index (Phi) is 6.46. The van der Waals surface area contributed by atoms with Crippen LogP contribution in [0.3, 0.4) is 0 Å². The summed E-state index contributed by atoms with van der Waals surface area (Å²) < 4.78 is 21.5. The fraction of sp³-hybridized carbons (Fsp3) is 0.261. The number of hydrogen-bond acceptors (Lipinski definition) is 5. The van der Waals surface area contributed by atoms with Crippen molar-refractivity contribution in [1.29, 1.82) is 0 Å². The molecule has 0 fully saturated rings. The van der Waals surface area contributed by atoms with Crippen molar-refractivity contribution in [2.24, 2.45) is 0 Å². The number of hydrogen-bond donors (Lipinski definition) is 2. The van der Waals surface area contributed by atoms with Crippen LogP contribution in [0.2, 0.25) is 0 Å². The van der Waals surface area contributed by atoms with E-state index in [1.54, 1.807) is 18.2 Å². The Morgan fingerprint density at radius 1 is 1.09 bits per heavy atom. The summed E-state index contributed by atoms with van der Waals surface area (Å²) in [7, 11) is 0. The van der Waals surface area contributed by atoms with E-state index in [0.29, 0.717) is 37.5 Å². The van der Waals surface area contributed by atoms with Crippen molar-refractivity contribution in [3.63, 3.8) is 0 Å². The topological polar surface area (TPSA) is 96.4 Å². The number of carbonyl (C=O) groups is 1. The normalized spacial score (nSPS) is 16.0. The van der Waals surface area contributed by atoms with Crippen molar-refractivity contribution in [3.05, 3.63) is 98.3 Å². The van der Waals surface area contributed by atoms with Crippen LogP contribution in [-0.4, -0.2) is 40.2 Å². The third kappa shape index (κ3) is 5.12. The number of amides is 1. The standard InChI is InChI=1S/C23H23FN4O4/c24-18-7-3-2-6-17(18)20-14-27(13-16-5-1-4-8-19(16)32-20)12-11-25-22(30)15-28-23(31)10-9-21(29)26-28/h1-10,20H,11-15H2,(H,25,30)(H,26,29)/t20-/m1/s1. The molecule has 0 aliphatic carbocycles. The fourth-order valence-corrected chi connectivity index (χ4v) is 3.68. The SMILES string of the molecule is O=C(Cn1[nH]c(=O)ccc1=O)NCCN1Cc2ccccc2O[C@@H](c2ccccc2F)C1. The molecule has 1 aliphatic heterocycles. The molecule has 9 heteroatoms. The molecular weight excluding hydrogens is 415 g/mol. The quantitative estimate of drug-likeness (QED) is 0.607. The van der Waals surface area contributed by atoms with Gasteiger partial charge in [0.05, 0.1) is 0 Å². The second kappa shape index (κ2) is 9.61. The zero-order chi connectivity index (χ0) is 22.5. The Morgan fingerprint density at radius 2 is 1.88 bits per heavy atom. The van der Waals surface area contributed by atoms with E-state index in [-0.39, 0.29) is 12.4 Å². The highest BCUT2D eigenvalue weighted by Gasteiger charge is 2.26. The first kappa shape index (κ1) is 21.5. The lowest BCUT2D eigenvalue weighted by atomic mass is 10.1. The molecule has 4 rings (SSSR count). The van der Waals surface area contributed by atoms with Gasteiger partial charge in [-0.05, 0) is 12.1 Å². The lowest BCUT2D eigenvalue weighted by molar-refractivity contribution is -0.122. The molecule has 166 valence electrons. The van der Waals surface area contributed by atoms with Gasteiger partial charge >= 0.3 is 0 Å². The summed E-state index contributed by atoms with van der Waals surface area (Å²) in [5, 5.41) is 5.08. The Bertz CT molecular complexity index is 1220. The van der Waals surface area contributed by atoms with E-state index in [9.17, 15) is 18.8 Å². The molecule has 2 heterocycles. The highest BCUT2D eigenvalue weighted by Crippen LogP contribution is 2.31. The first-order valence-electron chi connectivity index (χ1n) is 10.3. The van der Waals surface area contributed by atoms with Crippen molar-refractivity contribution in [2.75, 3.05) is 19.6 Å². The van der Waals surface area contributed by atoms with Crippen LogP contribution in [0.25, 0.3) is 0 Å². The second-order valence-corrected chi connectivity index (χ2v) is 7.55. The summed E-state index contributed by atoms with van der Waals surface area (Å²) >= 11 is 0. The average molecular weight is 438 g/mol. The van der Waals surface area contributed by atoms with Crippen molar-refractivity contribution < 1.29 is 13.9 Å². The number of H-pyrrole nitrogens is 1. The third-order valence-corrected chi connectivity index (χ3v) is 5.25. The molecule has 0 saturated heterocycles. The maximum atomic E-state index is 14.4. The third-order valence-electron chi connectivity index (χ3n) is 5.25. The van der Waals surface area contributed by atoms with Gasteiger partial charge in [-0.15, -0.1) is 0 Å². The molecule has 0 bridgehead atoms. The number of benzene rings is 2. The number of ether oxygens (including phenoxy) is 1. The number of nitrogens with zero attached hydrogens (tertiary/aromatic N) is 2. The minimum absolute atomic E-state index is 0.279. The van der Waals surface area contributed by atoms with Gasteiger partial charge in [-0.2, -0.15) is 0 Å². The summed E-state index contributed by atoms with van der Waals surface area (Å²) in [5.74, 6) is -0.0156. The highest BCUT2D eigenvalue weighted by atomic mass is 19.1. The predicted molar refractivity (Wildman–Crippen MR) is 116 cm³/mol. The highest BCUT2D eigenvalue weighted by molar-refractivity contribution is 5.75. The number of aromatic nitrogens is 2. The van der Waals surface area contributed by atoms with Crippen LogP contribution in [0, 0.1) is 5.82 Å². The number of para-hydroxylation sites is 1. The molecule has 1 aliphatic rings. The Labute approximate surface area is 183 Å². The van der Waals surface area contributed by atoms with Crippen molar-refractivity contribution in [3.8, 4) is 5.75 Å². The molecule has 1 atom stereocenters. The van der Waals surface area contributed by atoms with Gasteiger partial charge in [-0.3, -0.25) is 24.4 Å². The maximum Gasteiger partial charge on any atom is 0.265 e. The number of fused-ring (bicyclic) bond motifs is 1. The molecule has 0 saturated carbocycles. The van der Waals surface area contributed by atoms with Gasteiger partial charge in [0.25, 0.3) is 11.1 Å². The van der Waals surface area contributed by atoms with E-state index >= 15 is 0 Å². The number of nitrogens with one attached hydrogen (secondary N) is 2. The van der Waals surface area contributed by atoms with Gasteiger partial charge in [0.15, 0.2) is 0 Å². The smallest absolute Gasteiger partial charge is 0.265 e. The van der Waals surface area contributed by atoms with Gasteiger partial charge in [-0.25, -0.2) is 9.07 Å². The van der Waals surface area contributed by atoms with E-state index < -0.39 is 23.1 Å². The van der Waals surface area contributed by atoms with Crippen LogP contribution in [0.1, 0.15) is 17.2 Å². The number of rotatable bonds is 6. The van der Waals surface area contributed by atoms with Crippen LogP contribution in [0.5, 0.6) is 5.75 Å². The minimum atomic E-state index is -0.497. The van der Waals surface area contributed by atoms with Crippen LogP contribution in [0.4, 0.5) is 4.39 Å². The summed E-state index contributed by atoms with van der Waals surface area (Å²) in [5.41, 5.74) is 0.533. The summed E-state index contributed by atoms with van der Waals surface area (Å²) in [4.78, 5) is 37.4. The zero-order valence-corrected chi connectivity index (χ0v) is 17.3. The molecule has 1 amide bonds. The van der Waals surface area contributed by atoms with Crippen LogP contribution in [-0.2, 0) is 17.9 Å². The van der Waals surface area contributed by atoms with E-state index in [2.05, 4.69) is 15.3 Å². The number of halogens is 1. The predicted octanol–water partition coefficient (Wildman–Crippen LogP) is 1.43. The van der Waals surface area contributed by atoms with Gasteiger partial charge in [0, 0.05) is 49.4 Å². The maximum absolute atomic E-state index is 14.4. The van der Waals surface area contributed by atoms with E-state index in [1.165, 1.54) is 6.07 Å². The van der Waals surface area contributed by atoms with Crippen molar-refractivity contribution in [2.45, 2.75) is 19.2 Å². The summed E-state index contributed by atoms with van der Waals surface area (Å²) in [6.45, 7) is 1.56. The largest absolute Gasteiger partial charge is 0.484 e. The molecule has 0 unspecified atom stereocenters. The second-order valence-electron chi connectivity index (χ2n) is 7.55. The minimum Gasteiger partial charge on any atom is -0.484 e. The van der Waals surface area contributed by atoms with Gasteiger partial charge < -0.3 is 10.1 Å². The van der Waals surface area contributed by atoms with Gasteiger partial charge in [0.2, 0.25) is 5.91 Å². The summed E-state index contributed by atoms with van der Waals surface area (Å²) in [6.07, 6.45) is -0.497. The summed E-state index contributed by atoms with van der Waals surface area (Å²) in [6, 6.07) is 16.4. The monoisotopic (exact) mass is 438 g/mol. The number of carbonyl (C=O) groups excluding carboxylic acids is 1. The molecule has 2 N–H and O–H groups in total. The first-order valence-corrected chi connectivity index (χ1v) is 10.3. The van der Waals surface area contributed by atoms with E-state index in [0.717, 1.165) is 22.4 Å². The Morgan fingerprint density at radius 3 is 2.72 bits per heavy atom. The van der Waals surface area contributed by atoms with Crippen molar-refractivity contribution >= 4 is 5.91 Å². The molecule has 0 spiro atoms. The van der Waals surface area contributed by atoms with E-state index in [1.807, 2.05) is 24.3 Å². The molecule has 1 aromatic heterocycles. The fourth-order valence-electron chi connectivity index (χ4n) is 3.68. The molecular formula is C23H23FN4O4. The molecule has 32 heavy (non-hydrogen) atoms. The molecule has 8 nitrogen and oxygen atoms in total. The van der Waals surface area contributed by atoms with Crippen LogP contribution in [0.15, 0.2) is 70.3 Å². The lowest BCUT2D eigenvalue weighted by Gasteiger charge is -2.24. The molecule has 0 radical (unpaired) electrons. The zero-order valence-electron chi connectivity index (χ0n) is 17.3. The lowest BCUT2D eigenvalue weighted by Crippen LogP contribution is -2.40. The first-order chi connectivity index (χ1) is 15.5. The van der Waals surface area contributed by atoms with Crippen LogP contribution >= 0.6 is 0 Å². The molecule has 2 aromatic carbocycles. The molecule has 3 aromatic rings. The van der Waals surface area contributed by atoms with Crippen molar-refractivity contribution in [1.82, 2.24) is 20.0 Å². The van der Waals surface area contributed by atoms with Crippen LogP contribution < -0.4 is 21.2 Å². The van der Waals surface area contributed by atoms with Gasteiger partial charge in [-0.1, -0.05) is 36.4 Å². The van der Waals surface area contributed by atoms with E-state index in [4.69, 9.17) is 4.74 Å². The average Bonchev–Trinajstić information content (AvgIpc) is 2.96. The Hall–Kier alpha value is -3.72. The Balaban J connectivity index is 1.42.